The SMILES string of the molecule is COC(=O)c1ccccc1Nc1ncnc(N(CCC#N)CCC#N)c1[N+](=O)[O-]. The number of anilines is 3. The zero-order valence-corrected chi connectivity index (χ0v) is 15.5. The first kappa shape index (κ1) is 21.1. The van der Waals surface area contributed by atoms with E-state index in [2.05, 4.69) is 15.3 Å². The lowest BCUT2D eigenvalue weighted by molar-refractivity contribution is -0.383. The maximum absolute atomic E-state index is 12.0. The van der Waals surface area contributed by atoms with E-state index in [0.717, 1.165) is 6.33 Å². The third-order valence-electron chi connectivity index (χ3n) is 3.86. The van der Waals surface area contributed by atoms with Crippen molar-refractivity contribution in [3.8, 4) is 12.1 Å². The van der Waals surface area contributed by atoms with Gasteiger partial charge in [-0.05, 0) is 12.1 Å². The number of nitro groups is 1. The smallest absolute Gasteiger partial charge is 0.353 e. The summed E-state index contributed by atoms with van der Waals surface area (Å²) in [5.74, 6) is -0.765. The zero-order valence-electron chi connectivity index (χ0n) is 15.5. The fourth-order valence-corrected chi connectivity index (χ4v) is 2.56. The second kappa shape index (κ2) is 10.2. The first-order chi connectivity index (χ1) is 14.0. The summed E-state index contributed by atoms with van der Waals surface area (Å²) in [6.07, 6.45) is 1.33. The summed E-state index contributed by atoms with van der Waals surface area (Å²) in [4.78, 5) is 32.6. The summed E-state index contributed by atoms with van der Waals surface area (Å²) in [5.41, 5.74) is 0.0195. The Balaban J connectivity index is 2.51. The summed E-state index contributed by atoms with van der Waals surface area (Å²) in [7, 11) is 1.23. The van der Waals surface area contributed by atoms with E-state index in [1.807, 2.05) is 12.1 Å². The van der Waals surface area contributed by atoms with E-state index in [-0.39, 0.29) is 48.8 Å². The maximum Gasteiger partial charge on any atom is 0.353 e. The maximum atomic E-state index is 12.0. The number of nitriles is 2. The number of ether oxygens (including phenoxy) is 1. The zero-order chi connectivity index (χ0) is 21.2. The molecule has 11 heteroatoms. The van der Waals surface area contributed by atoms with E-state index >= 15 is 0 Å². The molecular formula is C18H17N7O4. The lowest BCUT2D eigenvalue weighted by Gasteiger charge is -2.21. The van der Waals surface area contributed by atoms with Crippen molar-refractivity contribution in [3.05, 3.63) is 46.3 Å². The van der Waals surface area contributed by atoms with E-state index in [4.69, 9.17) is 15.3 Å². The first-order valence-electron chi connectivity index (χ1n) is 8.46. The third-order valence-corrected chi connectivity index (χ3v) is 3.86. The van der Waals surface area contributed by atoms with E-state index in [0.29, 0.717) is 0 Å². The van der Waals surface area contributed by atoms with Gasteiger partial charge in [0.1, 0.15) is 6.33 Å². The van der Waals surface area contributed by atoms with Crippen molar-refractivity contribution in [1.29, 1.82) is 10.5 Å². The fraction of sp³-hybridized carbons (Fsp3) is 0.278. The van der Waals surface area contributed by atoms with Crippen LogP contribution < -0.4 is 10.2 Å². The molecule has 0 bridgehead atoms. The number of para-hydroxylation sites is 1. The highest BCUT2D eigenvalue weighted by atomic mass is 16.6. The van der Waals surface area contributed by atoms with Gasteiger partial charge in [0.05, 0.1) is 48.3 Å². The van der Waals surface area contributed by atoms with Gasteiger partial charge in [-0.2, -0.15) is 10.5 Å². The van der Waals surface area contributed by atoms with E-state index < -0.39 is 16.6 Å². The molecule has 0 aliphatic carbocycles. The molecule has 1 aromatic heterocycles. The predicted octanol–water partition coefficient (Wildman–Crippen LogP) is 2.55. The molecule has 0 radical (unpaired) electrons. The molecule has 2 aromatic rings. The van der Waals surface area contributed by atoms with Crippen LogP contribution in [0.3, 0.4) is 0 Å². The van der Waals surface area contributed by atoms with Crippen LogP contribution in [-0.4, -0.2) is 41.1 Å². The molecule has 11 nitrogen and oxygen atoms in total. The number of rotatable bonds is 9. The normalized spacial score (nSPS) is 9.76. The molecule has 0 spiro atoms. The van der Waals surface area contributed by atoms with Crippen molar-refractivity contribution in [1.82, 2.24) is 9.97 Å². The van der Waals surface area contributed by atoms with Crippen LogP contribution in [0.25, 0.3) is 0 Å². The Labute approximate surface area is 166 Å². The van der Waals surface area contributed by atoms with Gasteiger partial charge in [-0.1, -0.05) is 12.1 Å². The summed E-state index contributed by atoms with van der Waals surface area (Å²) in [6.45, 7) is 0.322. The Bertz CT molecular complexity index is 963. The predicted molar refractivity (Wildman–Crippen MR) is 102 cm³/mol. The molecule has 148 valence electrons. The highest BCUT2D eigenvalue weighted by Gasteiger charge is 2.27. The van der Waals surface area contributed by atoms with Gasteiger partial charge < -0.3 is 15.0 Å². The number of hydrogen-bond acceptors (Lipinski definition) is 10. The topological polar surface area (TPSA) is 158 Å². The number of hydrogen-bond donors (Lipinski definition) is 1. The van der Waals surface area contributed by atoms with Gasteiger partial charge in [-0.15, -0.1) is 0 Å². The number of carbonyl (C=O) groups excluding carboxylic acids is 1. The van der Waals surface area contributed by atoms with Gasteiger partial charge in [0.15, 0.2) is 0 Å². The number of carbonyl (C=O) groups is 1. The molecule has 0 aliphatic rings. The van der Waals surface area contributed by atoms with E-state index in [1.54, 1.807) is 18.2 Å². The van der Waals surface area contributed by atoms with Crippen LogP contribution >= 0.6 is 0 Å². The Morgan fingerprint density at radius 1 is 1.24 bits per heavy atom. The summed E-state index contributed by atoms with van der Waals surface area (Å²) >= 11 is 0. The summed E-state index contributed by atoms with van der Waals surface area (Å²) in [5, 5.41) is 32.3. The second-order valence-corrected chi connectivity index (χ2v) is 5.62. The minimum atomic E-state index is -0.649. The van der Waals surface area contributed by atoms with Crippen molar-refractivity contribution in [2.45, 2.75) is 12.8 Å². The van der Waals surface area contributed by atoms with Crippen LogP contribution in [0.2, 0.25) is 0 Å². The van der Waals surface area contributed by atoms with Crippen molar-refractivity contribution in [2.24, 2.45) is 0 Å². The average molecular weight is 395 g/mol. The minimum Gasteiger partial charge on any atom is -0.465 e. The summed E-state index contributed by atoms with van der Waals surface area (Å²) in [6, 6.07) is 10.3. The molecule has 29 heavy (non-hydrogen) atoms. The standard InChI is InChI=1S/C18H17N7O4/c1-29-18(26)13-6-2-3-7-14(13)23-16-15(25(27)28)17(22-12-21-16)24(10-4-8-19)11-5-9-20/h2-3,6-7,12H,4-5,10-11H2,1H3,(H,21,22,23). The highest BCUT2D eigenvalue weighted by Crippen LogP contribution is 2.34. The van der Waals surface area contributed by atoms with E-state index in [1.165, 1.54) is 18.1 Å². The first-order valence-corrected chi connectivity index (χ1v) is 8.46. The van der Waals surface area contributed by atoms with Gasteiger partial charge in [0, 0.05) is 13.1 Å². The van der Waals surface area contributed by atoms with Gasteiger partial charge in [-0.25, -0.2) is 14.8 Å². The van der Waals surface area contributed by atoms with Crippen LogP contribution in [0, 0.1) is 32.8 Å². The Hall–Kier alpha value is -4.25. The quantitative estimate of drug-likeness (QED) is 0.380. The minimum absolute atomic E-state index is 0.0199. The molecular weight excluding hydrogens is 378 g/mol. The molecule has 0 fully saturated rings. The third kappa shape index (κ3) is 5.14. The molecule has 1 heterocycles. The number of nitrogens with zero attached hydrogens (tertiary/aromatic N) is 6. The monoisotopic (exact) mass is 395 g/mol. The van der Waals surface area contributed by atoms with Gasteiger partial charge in [0.2, 0.25) is 11.6 Å². The highest BCUT2D eigenvalue weighted by molar-refractivity contribution is 5.96. The Kier molecular flexibility index (Phi) is 7.39. The number of esters is 1. The Morgan fingerprint density at radius 2 is 1.90 bits per heavy atom. The van der Waals surface area contributed by atoms with Crippen LogP contribution in [0.4, 0.5) is 23.0 Å². The van der Waals surface area contributed by atoms with Crippen molar-refractivity contribution >= 4 is 29.0 Å². The number of methoxy groups -OCH3 is 1. The van der Waals surface area contributed by atoms with Crippen LogP contribution in [0.5, 0.6) is 0 Å². The number of aromatic nitrogens is 2. The van der Waals surface area contributed by atoms with Crippen molar-refractivity contribution in [3.63, 3.8) is 0 Å². The number of nitrogens with one attached hydrogen (secondary N) is 1. The number of benzene rings is 1. The lowest BCUT2D eigenvalue weighted by Crippen LogP contribution is -2.27. The molecule has 0 amide bonds. The molecule has 1 aromatic carbocycles. The largest absolute Gasteiger partial charge is 0.465 e. The van der Waals surface area contributed by atoms with Crippen LogP contribution in [0.15, 0.2) is 30.6 Å². The molecule has 0 saturated carbocycles. The molecule has 1 N–H and O–H groups in total. The fourth-order valence-electron chi connectivity index (χ4n) is 2.56. The molecule has 0 atom stereocenters. The molecule has 2 rings (SSSR count). The molecule has 0 saturated heterocycles. The molecule has 0 unspecified atom stereocenters. The van der Waals surface area contributed by atoms with Crippen LogP contribution in [0.1, 0.15) is 23.2 Å². The molecule has 0 aliphatic heterocycles. The second-order valence-electron chi connectivity index (χ2n) is 5.62. The van der Waals surface area contributed by atoms with E-state index in [9.17, 15) is 14.9 Å². The van der Waals surface area contributed by atoms with Gasteiger partial charge in [-0.3, -0.25) is 10.1 Å². The van der Waals surface area contributed by atoms with Gasteiger partial charge in [0.25, 0.3) is 0 Å². The Morgan fingerprint density at radius 3 is 2.48 bits per heavy atom. The summed E-state index contributed by atoms with van der Waals surface area (Å²) < 4.78 is 4.73. The lowest BCUT2D eigenvalue weighted by atomic mass is 10.2. The van der Waals surface area contributed by atoms with Gasteiger partial charge >= 0.3 is 11.7 Å². The average Bonchev–Trinajstić information content (AvgIpc) is 2.73. The van der Waals surface area contributed by atoms with Crippen LogP contribution in [-0.2, 0) is 4.74 Å². The van der Waals surface area contributed by atoms with Crippen molar-refractivity contribution < 1.29 is 14.5 Å². The van der Waals surface area contributed by atoms with Crippen molar-refractivity contribution in [2.75, 3.05) is 30.4 Å².